The van der Waals surface area contributed by atoms with Gasteiger partial charge in [0.1, 0.15) is 0 Å². The number of imide groups is 2. The maximum Gasteiger partial charge on any atom is 0.247 e. The van der Waals surface area contributed by atoms with Gasteiger partial charge >= 0.3 is 0 Å². The molecule has 2 saturated heterocycles. The zero-order valence-electron chi connectivity index (χ0n) is 19.7. The highest BCUT2D eigenvalue weighted by atomic mass is 16.3. The van der Waals surface area contributed by atoms with Crippen LogP contribution in [-0.4, -0.2) is 141 Å². The number of rotatable bonds is 17. The van der Waals surface area contributed by atoms with Gasteiger partial charge in [-0.25, -0.2) is 0 Å². The van der Waals surface area contributed by atoms with E-state index in [1.54, 1.807) is 9.80 Å². The molecule has 0 bridgehead atoms. The van der Waals surface area contributed by atoms with Crippen molar-refractivity contribution in [3.8, 4) is 0 Å². The Morgan fingerprint density at radius 2 is 0.912 bits per heavy atom. The van der Waals surface area contributed by atoms with E-state index in [9.17, 15) is 19.2 Å². The number of hydrogen-bond acceptors (Lipinski definition) is 10. The summed E-state index contributed by atoms with van der Waals surface area (Å²) in [5, 5.41) is 36.7. The molecule has 2 unspecified atom stereocenters. The number of likely N-dealkylation sites (tertiary alicyclic amines) is 2. The van der Waals surface area contributed by atoms with Gasteiger partial charge in [0.25, 0.3) is 0 Å². The van der Waals surface area contributed by atoms with E-state index in [1.165, 1.54) is 9.80 Å². The van der Waals surface area contributed by atoms with Crippen LogP contribution in [0, 0.1) is 0 Å². The van der Waals surface area contributed by atoms with Crippen molar-refractivity contribution >= 4 is 23.6 Å². The second kappa shape index (κ2) is 14.4. The van der Waals surface area contributed by atoms with Crippen LogP contribution in [0.15, 0.2) is 0 Å². The van der Waals surface area contributed by atoms with Crippen molar-refractivity contribution in [3.05, 3.63) is 0 Å². The van der Waals surface area contributed by atoms with Crippen LogP contribution >= 0.6 is 0 Å². The van der Waals surface area contributed by atoms with E-state index < -0.39 is 12.1 Å². The van der Waals surface area contributed by atoms with Crippen LogP contribution in [-0.2, 0) is 19.2 Å². The van der Waals surface area contributed by atoms with Crippen LogP contribution in [0.1, 0.15) is 38.5 Å². The number of aliphatic hydroxyl groups is 4. The first-order valence-electron chi connectivity index (χ1n) is 12.0. The standard InChI is InChI=1S/C22H38N4O8/c27-11-7-23(8-12-28)17-15-19(31)25(21(17)33)5-3-1-2-4-6-26-20(32)16-18(22(26)34)24(9-13-29)10-14-30/h17-18,27-30H,1-16H2. The molecule has 194 valence electrons. The van der Waals surface area contributed by atoms with Crippen LogP contribution in [0.3, 0.4) is 0 Å². The van der Waals surface area contributed by atoms with Gasteiger partial charge in [-0.1, -0.05) is 12.8 Å². The summed E-state index contributed by atoms with van der Waals surface area (Å²) in [7, 11) is 0. The largest absolute Gasteiger partial charge is 0.395 e. The molecule has 2 aliphatic heterocycles. The van der Waals surface area contributed by atoms with Crippen molar-refractivity contribution in [1.29, 1.82) is 0 Å². The predicted octanol–water partition coefficient (Wildman–Crippen LogP) is -2.62. The van der Waals surface area contributed by atoms with Crippen LogP contribution in [0.2, 0.25) is 0 Å². The number of unbranched alkanes of at least 4 members (excludes halogenated alkanes) is 3. The van der Waals surface area contributed by atoms with E-state index in [-0.39, 0.29) is 89.1 Å². The van der Waals surface area contributed by atoms with Gasteiger partial charge in [-0.15, -0.1) is 0 Å². The van der Waals surface area contributed by atoms with Crippen LogP contribution < -0.4 is 0 Å². The third-order valence-corrected chi connectivity index (χ3v) is 6.38. The Kier molecular flexibility index (Phi) is 12.0. The second-order valence-corrected chi connectivity index (χ2v) is 8.59. The van der Waals surface area contributed by atoms with Crippen LogP contribution in [0.4, 0.5) is 0 Å². The van der Waals surface area contributed by atoms with Gasteiger partial charge in [0.15, 0.2) is 0 Å². The number of carbonyl (C=O) groups excluding carboxylic acids is 4. The minimum Gasteiger partial charge on any atom is -0.395 e. The molecule has 2 fully saturated rings. The quantitative estimate of drug-likeness (QED) is 0.126. The molecule has 0 aromatic rings. The monoisotopic (exact) mass is 486 g/mol. The molecule has 0 spiro atoms. The Balaban J connectivity index is 1.73. The van der Waals surface area contributed by atoms with Crippen molar-refractivity contribution in [1.82, 2.24) is 19.6 Å². The average Bonchev–Trinajstić information content (AvgIpc) is 3.25. The summed E-state index contributed by atoms with van der Waals surface area (Å²) in [6.07, 6.45) is 2.75. The summed E-state index contributed by atoms with van der Waals surface area (Å²) in [5.41, 5.74) is 0. The minimum absolute atomic E-state index is 0.0444. The number of amides is 4. The highest BCUT2D eigenvalue weighted by Crippen LogP contribution is 2.21. The van der Waals surface area contributed by atoms with Gasteiger partial charge in [-0.3, -0.25) is 38.8 Å². The predicted molar refractivity (Wildman–Crippen MR) is 120 cm³/mol. The summed E-state index contributed by atoms with van der Waals surface area (Å²) in [6, 6.07) is -1.30. The van der Waals surface area contributed by atoms with Gasteiger partial charge in [0.05, 0.1) is 51.4 Å². The summed E-state index contributed by atoms with van der Waals surface area (Å²) >= 11 is 0. The van der Waals surface area contributed by atoms with Gasteiger partial charge in [0.2, 0.25) is 23.6 Å². The molecule has 34 heavy (non-hydrogen) atoms. The molecule has 0 saturated carbocycles. The molecule has 12 nitrogen and oxygen atoms in total. The first-order chi connectivity index (χ1) is 16.4. The van der Waals surface area contributed by atoms with Crippen LogP contribution in [0.5, 0.6) is 0 Å². The maximum atomic E-state index is 12.6. The van der Waals surface area contributed by atoms with E-state index in [0.29, 0.717) is 25.9 Å². The van der Waals surface area contributed by atoms with E-state index in [1.807, 2.05) is 0 Å². The first kappa shape index (κ1) is 28.3. The molecule has 0 radical (unpaired) electrons. The summed E-state index contributed by atoms with van der Waals surface area (Å²) < 4.78 is 0. The lowest BCUT2D eigenvalue weighted by atomic mass is 10.2. The van der Waals surface area contributed by atoms with E-state index in [2.05, 4.69) is 0 Å². The Morgan fingerprint density at radius 1 is 0.588 bits per heavy atom. The smallest absolute Gasteiger partial charge is 0.247 e. The molecule has 0 aromatic heterocycles. The van der Waals surface area contributed by atoms with E-state index >= 15 is 0 Å². The fourth-order valence-electron chi connectivity index (χ4n) is 4.63. The lowest BCUT2D eigenvalue weighted by Gasteiger charge is -2.25. The Hall–Kier alpha value is -1.96. The van der Waals surface area contributed by atoms with Gasteiger partial charge in [0, 0.05) is 39.3 Å². The molecule has 12 heteroatoms. The fourth-order valence-corrected chi connectivity index (χ4v) is 4.63. The van der Waals surface area contributed by atoms with E-state index in [4.69, 9.17) is 20.4 Å². The van der Waals surface area contributed by atoms with Crippen molar-refractivity contribution in [2.75, 3.05) is 65.7 Å². The Labute approximate surface area is 199 Å². The van der Waals surface area contributed by atoms with Crippen molar-refractivity contribution in [3.63, 3.8) is 0 Å². The summed E-state index contributed by atoms with van der Waals surface area (Å²) in [5.74, 6) is -1.13. The zero-order chi connectivity index (χ0) is 25.1. The summed E-state index contributed by atoms with van der Waals surface area (Å²) in [4.78, 5) is 55.6. The lowest BCUT2D eigenvalue weighted by molar-refractivity contribution is -0.141. The van der Waals surface area contributed by atoms with Gasteiger partial charge < -0.3 is 20.4 Å². The Morgan fingerprint density at radius 3 is 1.21 bits per heavy atom. The third kappa shape index (κ3) is 7.27. The van der Waals surface area contributed by atoms with Crippen molar-refractivity contribution < 1.29 is 39.6 Å². The molecule has 2 heterocycles. The van der Waals surface area contributed by atoms with Crippen molar-refractivity contribution in [2.24, 2.45) is 0 Å². The third-order valence-electron chi connectivity index (χ3n) is 6.38. The molecular formula is C22H38N4O8. The number of nitrogens with zero attached hydrogens (tertiary/aromatic N) is 4. The highest BCUT2D eigenvalue weighted by molar-refractivity contribution is 6.06. The van der Waals surface area contributed by atoms with Crippen molar-refractivity contribution in [2.45, 2.75) is 50.6 Å². The number of aliphatic hydroxyl groups excluding tert-OH is 4. The molecular weight excluding hydrogens is 448 g/mol. The molecule has 2 atom stereocenters. The van der Waals surface area contributed by atoms with Crippen LogP contribution in [0.25, 0.3) is 0 Å². The second-order valence-electron chi connectivity index (χ2n) is 8.59. The topological polar surface area (TPSA) is 162 Å². The molecule has 2 aliphatic rings. The molecule has 0 aromatic carbocycles. The van der Waals surface area contributed by atoms with Gasteiger partial charge in [-0.2, -0.15) is 0 Å². The molecule has 0 aliphatic carbocycles. The first-order valence-corrected chi connectivity index (χ1v) is 12.0. The normalized spacial score (nSPS) is 21.2. The van der Waals surface area contributed by atoms with Gasteiger partial charge in [-0.05, 0) is 12.8 Å². The fraction of sp³-hybridized carbons (Fsp3) is 0.818. The minimum atomic E-state index is -0.650. The molecule has 4 amide bonds. The number of hydrogen-bond donors (Lipinski definition) is 4. The maximum absolute atomic E-state index is 12.6. The summed E-state index contributed by atoms with van der Waals surface area (Å²) in [6.45, 7) is 0.777. The lowest BCUT2D eigenvalue weighted by Crippen LogP contribution is -2.44. The zero-order valence-corrected chi connectivity index (χ0v) is 19.7. The SMILES string of the molecule is O=C1CC(N(CCO)CCO)C(=O)N1CCCCCCN1C(=O)CC(N(CCO)CCO)C1=O. The Bertz CT molecular complexity index is 636. The molecule has 2 rings (SSSR count). The highest BCUT2D eigenvalue weighted by Gasteiger charge is 2.42. The molecule has 4 N–H and O–H groups in total. The average molecular weight is 487 g/mol. The van der Waals surface area contributed by atoms with E-state index in [0.717, 1.165) is 12.8 Å². The number of carbonyl (C=O) groups is 4.